The molecule has 106 valence electrons. The van der Waals surface area contributed by atoms with Crippen molar-refractivity contribution in [3.8, 4) is 0 Å². The summed E-state index contributed by atoms with van der Waals surface area (Å²) in [6.07, 6.45) is 3.03. The van der Waals surface area contributed by atoms with E-state index in [-0.39, 0.29) is 4.90 Å². The Bertz CT molecular complexity index is 535. The average molecular weight is 283 g/mol. The molecule has 1 fully saturated rings. The Kier molecular flexibility index (Phi) is 4.10. The van der Waals surface area contributed by atoms with Crippen LogP contribution in [0.3, 0.4) is 0 Å². The van der Waals surface area contributed by atoms with Crippen LogP contribution in [-0.4, -0.2) is 37.3 Å². The van der Waals surface area contributed by atoms with Crippen molar-refractivity contribution in [2.45, 2.75) is 25.7 Å². The van der Waals surface area contributed by atoms with Crippen molar-refractivity contribution in [1.29, 1.82) is 0 Å². The third-order valence-electron chi connectivity index (χ3n) is 3.72. The first-order valence-corrected chi connectivity index (χ1v) is 8.08. The van der Waals surface area contributed by atoms with Crippen LogP contribution in [0.1, 0.15) is 20.8 Å². The molecular weight excluding hydrogens is 262 g/mol. The summed E-state index contributed by atoms with van der Waals surface area (Å²) in [4.78, 5) is 4.23. The number of sulfonamides is 1. The molecule has 1 aliphatic heterocycles. The molecule has 0 saturated carbocycles. The number of anilines is 1. The minimum atomic E-state index is -3.45. The third-order valence-corrected chi connectivity index (χ3v) is 5.58. The maximum absolute atomic E-state index is 12.7. The van der Waals surface area contributed by atoms with Gasteiger partial charge in [0.2, 0.25) is 10.0 Å². The Morgan fingerprint density at radius 2 is 2.00 bits per heavy atom. The predicted octanol–water partition coefficient (Wildman–Crippen LogP) is 1.79. The first-order valence-electron chi connectivity index (χ1n) is 6.64. The normalized spacial score (nSPS) is 24.6. The molecule has 0 radical (unpaired) electrons. The Hall–Kier alpha value is -1.14. The second-order valence-electron chi connectivity index (χ2n) is 5.18. The Morgan fingerprint density at radius 1 is 1.37 bits per heavy atom. The third kappa shape index (κ3) is 2.74. The minimum Gasteiger partial charge on any atom is -0.384 e. The van der Waals surface area contributed by atoms with Crippen molar-refractivity contribution in [2.75, 3.05) is 25.0 Å². The van der Waals surface area contributed by atoms with Crippen molar-refractivity contribution >= 4 is 15.7 Å². The lowest BCUT2D eigenvalue weighted by Crippen LogP contribution is -2.29. The van der Waals surface area contributed by atoms with E-state index in [0.717, 1.165) is 0 Å². The molecule has 2 atom stereocenters. The van der Waals surface area contributed by atoms with E-state index in [0.29, 0.717) is 37.2 Å². The molecule has 6 heteroatoms. The average Bonchev–Trinajstić information content (AvgIpc) is 2.71. The molecule has 1 aliphatic rings. The van der Waals surface area contributed by atoms with Gasteiger partial charge in [0.25, 0.3) is 0 Å². The molecule has 1 N–H and O–H groups in total. The molecule has 2 heterocycles. The summed E-state index contributed by atoms with van der Waals surface area (Å²) in [5.74, 6) is 0.795. The van der Waals surface area contributed by atoms with Crippen LogP contribution in [0, 0.1) is 11.8 Å². The van der Waals surface area contributed by atoms with Crippen LogP contribution in [0.15, 0.2) is 23.4 Å². The van der Waals surface area contributed by atoms with E-state index in [9.17, 15) is 8.42 Å². The number of nitrogens with zero attached hydrogens (tertiary/aromatic N) is 2. The van der Waals surface area contributed by atoms with E-state index in [1.165, 1.54) is 6.20 Å². The summed E-state index contributed by atoms with van der Waals surface area (Å²) in [6.45, 7) is 7.98. The van der Waals surface area contributed by atoms with Gasteiger partial charge in [-0.3, -0.25) is 4.98 Å². The van der Waals surface area contributed by atoms with E-state index in [2.05, 4.69) is 24.1 Å². The Balaban J connectivity index is 2.35. The summed E-state index contributed by atoms with van der Waals surface area (Å²) in [5.41, 5.74) is 0.629. The topological polar surface area (TPSA) is 62.3 Å². The van der Waals surface area contributed by atoms with Gasteiger partial charge in [-0.1, -0.05) is 13.8 Å². The summed E-state index contributed by atoms with van der Waals surface area (Å²) >= 11 is 0. The van der Waals surface area contributed by atoms with E-state index in [1.54, 1.807) is 16.6 Å². The summed E-state index contributed by atoms with van der Waals surface area (Å²) < 4.78 is 26.9. The van der Waals surface area contributed by atoms with Gasteiger partial charge in [0.15, 0.2) is 0 Å². The van der Waals surface area contributed by atoms with Gasteiger partial charge < -0.3 is 5.32 Å². The van der Waals surface area contributed by atoms with Crippen LogP contribution < -0.4 is 5.32 Å². The SMILES string of the molecule is CCNc1ccncc1S(=O)(=O)N1CC(C)C(C)C1. The van der Waals surface area contributed by atoms with Crippen LogP contribution in [0.2, 0.25) is 0 Å². The highest BCUT2D eigenvalue weighted by molar-refractivity contribution is 7.89. The second kappa shape index (κ2) is 5.46. The van der Waals surface area contributed by atoms with Crippen LogP contribution in [0.4, 0.5) is 5.69 Å². The van der Waals surface area contributed by atoms with Gasteiger partial charge in [-0.25, -0.2) is 8.42 Å². The van der Waals surface area contributed by atoms with E-state index in [4.69, 9.17) is 0 Å². The van der Waals surface area contributed by atoms with Crippen molar-refractivity contribution in [1.82, 2.24) is 9.29 Å². The van der Waals surface area contributed by atoms with Crippen molar-refractivity contribution in [2.24, 2.45) is 11.8 Å². The Labute approximate surface area is 115 Å². The van der Waals surface area contributed by atoms with Crippen molar-refractivity contribution in [3.63, 3.8) is 0 Å². The van der Waals surface area contributed by atoms with Crippen LogP contribution in [-0.2, 0) is 10.0 Å². The highest BCUT2D eigenvalue weighted by Gasteiger charge is 2.36. The fraction of sp³-hybridized carbons (Fsp3) is 0.615. The van der Waals surface area contributed by atoms with E-state index < -0.39 is 10.0 Å². The zero-order valence-corrected chi connectivity index (χ0v) is 12.4. The molecule has 1 saturated heterocycles. The molecule has 1 aromatic heterocycles. The van der Waals surface area contributed by atoms with Crippen LogP contribution in [0.5, 0.6) is 0 Å². The highest BCUT2D eigenvalue weighted by atomic mass is 32.2. The number of rotatable bonds is 4. The van der Waals surface area contributed by atoms with Gasteiger partial charge in [0.1, 0.15) is 4.90 Å². The molecule has 0 bridgehead atoms. The molecule has 0 spiro atoms. The number of hydrogen-bond acceptors (Lipinski definition) is 4. The van der Waals surface area contributed by atoms with Crippen LogP contribution >= 0.6 is 0 Å². The first-order chi connectivity index (χ1) is 8.96. The Morgan fingerprint density at radius 3 is 2.58 bits per heavy atom. The monoisotopic (exact) mass is 283 g/mol. The summed E-state index contributed by atoms with van der Waals surface area (Å²) in [5, 5.41) is 3.08. The van der Waals surface area contributed by atoms with Gasteiger partial charge >= 0.3 is 0 Å². The minimum absolute atomic E-state index is 0.276. The number of hydrogen-bond donors (Lipinski definition) is 1. The molecule has 19 heavy (non-hydrogen) atoms. The number of nitrogens with one attached hydrogen (secondary N) is 1. The largest absolute Gasteiger partial charge is 0.384 e. The fourth-order valence-corrected chi connectivity index (χ4v) is 4.09. The molecule has 1 aromatic rings. The maximum Gasteiger partial charge on any atom is 0.246 e. The standard InChI is InChI=1S/C13H21N3O2S/c1-4-15-12-5-6-14-7-13(12)19(17,18)16-8-10(2)11(3)9-16/h5-7,10-11H,4,8-9H2,1-3H3,(H,14,15). The predicted molar refractivity (Wildman–Crippen MR) is 75.5 cm³/mol. The molecule has 0 amide bonds. The molecule has 2 rings (SSSR count). The zero-order chi connectivity index (χ0) is 14.0. The maximum atomic E-state index is 12.7. The van der Waals surface area contributed by atoms with Crippen LogP contribution in [0.25, 0.3) is 0 Å². The van der Waals surface area contributed by atoms with E-state index >= 15 is 0 Å². The number of pyridine rings is 1. The summed E-state index contributed by atoms with van der Waals surface area (Å²) in [6, 6.07) is 1.71. The zero-order valence-electron chi connectivity index (χ0n) is 11.6. The number of aromatic nitrogens is 1. The lowest BCUT2D eigenvalue weighted by Gasteiger charge is -2.18. The van der Waals surface area contributed by atoms with Gasteiger partial charge in [0, 0.05) is 32.0 Å². The first kappa shape index (κ1) is 14.3. The quantitative estimate of drug-likeness (QED) is 0.915. The lowest BCUT2D eigenvalue weighted by molar-refractivity contribution is 0.463. The van der Waals surface area contributed by atoms with Gasteiger partial charge in [-0.15, -0.1) is 0 Å². The summed E-state index contributed by atoms with van der Waals surface area (Å²) in [7, 11) is -3.45. The van der Waals surface area contributed by atoms with E-state index in [1.807, 2.05) is 6.92 Å². The fourth-order valence-electron chi connectivity index (χ4n) is 2.33. The second-order valence-corrected chi connectivity index (χ2v) is 7.09. The lowest BCUT2D eigenvalue weighted by atomic mass is 10.0. The van der Waals surface area contributed by atoms with Gasteiger partial charge in [-0.05, 0) is 24.8 Å². The molecule has 2 unspecified atom stereocenters. The molecule has 0 aliphatic carbocycles. The van der Waals surface area contributed by atoms with Gasteiger partial charge in [0.05, 0.1) is 5.69 Å². The smallest absolute Gasteiger partial charge is 0.246 e. The van der Waals surface area contributed by atoms with Gasteiger partial charge in [-0.2, -0.15) is 4.31 Å². The van der Waals surface area contributed by atoms with Crippen molar-refractivity contribution in [3.05, 3.63) is 18.5 Å². The molecule has 5 nitrogen and oxygen atoms in total. The molecular formula is C13H21N3O2S. The van der Waals surface area contributed by atoms with Crippen molar-refractivity contribution < 1.29 is 8.42 Å². The highest BCUT2D eigenvalue weighted by Crippen LogP contribution is 2.30. The molecule has 0 aromatic carbocycles.